The van der Waals surface area contributed by atoms with E-state index in [2.05, 4.69) is 60.4 Å². The van der Waals surface area contributed by atoms with Crippen LogP contribution in [0.2, 0.25) is 0 Å². The quantitative estimate of drug-likeness (QED) is 0.872. The van der Waals surface area contributed by atoms with Crippen molar-refractivity contribution in [1.82, 2.24) is 5.32 Å². The molecule has 0 aliphatic heterocycles. The highest BCUT2D eigenvalue weighted by molar-refractivity contribution is 9.10. The van der Waals surface area contributed by atoms with E-state index in [4.69, 9.17) is 0 Å². The molecule has 0 saturated carbocycles. The molecule has 1 aromatic heterocycles. The van der Waals surface area contributed by atoms with Crippen LogP contribution in [0, 0.1) is 11.3 Å². The summed E-state index contributed by atoms with van der Waals surface area (Å²) in [7, 11) is 0. The molecule has 0 aliphatic carbocycles. The zero-order valence-electron chi connectivity index (χ0n) is 9.93. The van der Waals surface area contributed by atoms with Gasteiger partial charge in [0.15, 0.2) is 0 Å². The molecule has 0 aromatic carbocycles. The van der Waals surface area contributed by atoms with Crippen LogP contribution in [-0.2, 0) is 6.54 Å². The van der Waals surface area contributed by atoms with Crippen molar-refractivity contribution in [3.8, 4) is 0 Å². The zero-order chi connectivity index (χ0) is 11.5. The van der Waals surface area contributed by atoms with E-state index in [1.54, 1.807) is 11.3 Å². The van der Waals surface area contributed by atoms with E-state index in [1.807, 2.05) is 0 Å². The van der Waals surface area contributed by atoms with E-state index >= 15 is 0 Å². The molecule has 0 aliphatic rings. The van der Waals surface area contributed by atoms with Gasteiger partial charge in [0.1, 0.15) is 0 Å². The first-order chi connectivity index (χ1) is 6.91. The van der Waals surface area contributed by atoms with E-state index in [1.165, 1.54) is 9.35 Å². The van der Waals surface area contributed by atoms with E-state index in [-0.39, 0.29) is 0 Å². The van der Waals surface area contributed by atoms with Crippen LogP contribution in [0.4, 0.5) is 0 Å². The fraction of sp³-hybridized carbons (Fsp3) is 0.667. The lowest BCUT2D eigenvalue weighted by molar-refractivity contribution is 0.253. The lowest BCUT2D eigenvalue weighted by atomic mass is 9.82. The van der Waals surface area contributed by atoms with Crippen molar-refractivity contribution in [2.75, 3.05) is 6.54 Å². The van der Waals surface area contributed by atoms with Crippen molar-refractivity contribution in [3.05, 3.63) is 20.8 Å². The first-order valence-corrected chi connectivity index (χ1v) is 7.01. The Morgan fingerprint density at radius 3 is 2.60 bits per heavy atom. The van der Waals surface area contributed by atoms with Gasteiger partial charge in [-0.2, -0.15) is 0 Å². The summed E-state index contributed by atoms with van der Waals surface area (Å²) in [4.78, 5) is 1.39. The van der Waals surface area contributed by atoms with Crippen molar-refractivity contribution in [2.45, 2.75) is 34.2 Å². The maximum absolute atomic E-state index is 3.54. The second kappa shape index (κ2) is 5.46. The predicted octanol–water partition coefficient (Wildman–Crippen LogP) is 4.28. The minimum Gasteiger partial charge on any atom is -0.312 e. The molecule has 86 valence electrons. The lowest BCUT2D eigenvalue weighted by Gasteiger charge is -2.27. The molecule has 1 aromatic rings. The van der Waals surface area contributed by atoms with Gasteiger partial charge in [0.2, 0.25) is 0 Å². The van der Waals surface area contributed by atoms with Crippen LogP contribution >= 0.6 is 27.3 Å². The smallest absolute Gasteiger partial charge is 0.0327 e. The largest absolute Gasteiger partial charge is 0.312 e. The summed E-state index contributed by atoms with van der Waals surface area (Å²) >= 11 is 5.34. The number of halogens is 1. The van der Waals surface area contributed by atoms with Gasteiger partial charge in [-0.05, 0) is 45.3 Å². The van der Waals surface area contributed by atoms with Gasteiger partial charge in [-0.25, -0.2) is 0 Å². The Bertz CT molecular complexity index is 301. The lowest BCUT2D eigenvalue weighted by Crippen LogP contribution is -2.29. The average molecular weight is 290 g/mol. The summed E-state index contributed by atoms with van der Waals surface area (Å²) in [5.41, 5.74) is 0.389. The van der Waals surface area contributed by atoms with E-state index < -0.39 is 0 Å². The van der Waals surface area contributed by atoms with Crippen LogP contribution in [0.3, 0.4) is 0 Å². The molecule has 1 unspecified atom stereocenters. The molecule has 0 fully saturated rings. The highest BCUT2D eigenvalue weighted by Crippen LogP contribution is 2.25. The summed E-state index contributed by atoms with van der Waals surface area (Å²) in [5, 5.41) is 5.63. The number of nitrogens with one attached hydrogen (secondary N) is 1. The fourth-order valence-corrected chi connectivity index (χ4v) is 2.62. The van der Waals surface area contributed by atoms with Crippen LogP contribution < -0.4 is 5.32 Å². The molecule has 0 bridgehead atoms. The second-order valence-electron chi connectivity index (χ2n) is 5.09. The number of thiophene rings is 1. The second-order valence-corrected chi connectivity index (χ2v) is 6.94. The maximum Gasteiger partial charge on any atom is 0.0327 e. The number of hydrogen-bond donors (Lipinski definition) is 1. The monoisotopic (exact) mass is 289 g/mol. The van der Waals surface area contributed by atoms with Crippen LogP contribution in [0.15, 0.2) is 15.9 Å². The van der Waals surface area contributed by atoms with Crippen molar-refractivity contribution < 1.29 is 0 Å². The number of rotatable bonds is 4. The van der Waals surface area contributed by atoms with Crippen molar-refractivity contribution in [2.24, 2.45) is 11.3 Å². The maximum atomic E-state index is 3.54. The summed E-state index contributed by atoms with van der Waals surface area (Å²) in [6.07, 6.45) is 0. The third-order valence-electron chi connectivity index (χ3n) is 2.91. The highest BCUT2D eigenvalue weighted by atomic mass is 79.9. The molecule has 0 radical (unpaired) electrons. The minimum absolute atomic E-state index is 0.389. The van der Waals surface area contributed by atoms with E-state index in [0.717, 1.165) is 13.1 Å². The third kappa shape index (κ3) is 4.25. The van der Waals surface area contributed by atoms with Gasteiger partial charge < -0.3 is 5.32 Å². The zero-order valence-corrected chi connectivity index (χ0v) is 12.3. The molecule has 0 saturated heterocycles. The first kappa shape index (κ1) is 13.2. The number of hydrogen-bond acceptors (Lipinski definition) is 2. The molecule has 1 heterocycles. The molecule has 15 heavy (non-hydrogen) atoms. The SMILES string of the molecule is CC(CNCc1sccc1Br)C(C)(C)C. The molecule has 1 nitrogen and oxygen atoms in total. The average Bonchev–Trinajstić information content (AvgIpc) is 2.50. The Morgan fingerprint density at radius 1 is 1.47 bits per heavy atom. The molecule has 1 rings (SSSR count). The van der Waals surface area contributed by atoms with E-state index in [9.17, 15) is 0 Å². The van der Waals surface area contributed by atoms with Gasteiger partial charge in [0.25, 0.3) is 0 Å². The van der Waals surface area contributed by atoms with Crippen LogP contribution in [0.5, 0.6) is 0 Å². The van der Waals surface area contributed by atoms with Gasteiger partial charge in [0.05, 0.1) is 0 Å². The topological polar surface area (TPSA) is 12.0 Å². The molecular formula is C12H20BrNS. The van der Waals surface area contributed by atoms with Crippen LogP contribution in [-0.4, -0.2) is 6.54 Å². The molecule has 3 heteroatoms. The Morgan fingerprint density at radius 2 is 2.13 bits per heavy atom. The fourth-order valence-electron chi connectivity index (χ4n) is 1.16. The van der Waals surface area contributed by atoms with Gasteiger partial charge in [0, 0.05) is 15.9 Å². The highest BCUT2D eigenvalue weighted by Gasteiger charge is 2.19. The molecule has 0 amide bonds. The molecule has 0 spiro atoms. The standard InChI is InChI=1S/C12H20BrNS/c1-9(12(2,3)4)7-14-8-11-10(13)5-6-15-11/h5-6,9,14H,7-8H2,1-4H3. The third-order valence-corrected chi connectivity index (χ3v) is 4.83. The normalized spacial score (nSPS) is 14.2. The summed E-state index contributed by atoms with van der Waals surface area (Å²) in [5.74, 6) is 0.691. The molecule has 1 atom stereocenters. The first-order valence-electron chi connectivity index (χ1n) is 5.34. The Kier molecular flexibility index (Phi) is 4.81. The summed E-state index contributed by atoms with van der Waals surface area (Å²) < 4.78 is 1.23. The Balaban J connectivity index is 2.31. The van der Waals surface area contributed by atoms with Crippen molar-refractivity contribution in [1.29, 1.82) is 0 Å². The van der Waals surface area contributed by atoms with Crippen molar-refractivity contribution in [3.63, 3.8) is 0 Å². The Labute approximate surface area is 105 Å². The van der Waals surface area contributed by atoms with Gasteiger partial charge in [-0.15, -0.1) is 11.3 Å². The van der Waals surface area contributed by atoms with Crippen molar-refractivity contribution >= 4 is 27.3 Å². The Hall–Kier alpha value is 0.140. The van der Waals surface area contributed by atoms with Crippen LogP contribution in [0.25, 0.3) is 0 Å². The molecular weight excluding hydrogens is 270 g/mol. The van der Waals surface area contributed by atoms with Gasteiger partial charge in [-0.1, -0.05) is 27.7 Å². The van der Waals surface area contributed by atoms with Gasteiger partial charge >= 0.3 is 0 Å². The van der Waals surface area contributed by atoms with E-state index in [0.29, 0.717) is 11.3 Å². The molecule has 1 N–H and O–H groups in total. The van der Waals surface area contributed by atoms with Gasteiger partial charge in [-0.3, -0.25) is 0 Å². The summed E-state index contributed by atoms with van der Waals surface area (Å²) in [6, 6.07) is 2.11. The summed E-state index contributed by atoms with van der Waals surface area (Å²) in [6.45, 7) is 11.2. The minimum atomic E-state index is 0.389. The van der Waals surface area contributed by atoms with Crippen LogP contribution in [0.1, 0.15) is 32.6 Å². The predicted molar refractivity (Wildman–Crippen MR) is 72.3 cm³/mol.